The molecular formula is C16H29NS. The van der Waals surface area contributed by atoms with Gasteiger partial charge in [-0.05, 0) is 47.7 Å². The quantitative estimate of drug-likeness (QED) is 0.637. The number of nitrogens with one attached hydrogen (secondary N) is 1. The Morgan fingerprint density at radius 3 is 2.67 bits per heavy atom. The van der Waals surface area contributed by atoms with E-state index in [9.17, 15) is 0 Å². The molecule has 1 nitrogen and oxygen atoms in total. The molecule has 1 heterocycles. The third-order valence-corrected chi connectivity index (χ3v) is 4.45. The van der Waals surface area contributed by atoms with Gasteiger partial charge in [0.05, 0.1) is 0 Å². The van der Waals surface area contributed by atoms with Crippen LogP contribution in [0, 0.1) is 5.92 Å². The minimum atomic E-state index is 0.659. The van der Waals surface area contributed by atoms with Crippen LogP contribution in [0.1, 0.15) is 58.4 Å². The first kappa shape index (κ1) is 15.7. The van der Waals surface area contributed by atoms with Crippen molar-refractivity contribution in [2.24, 2.45) is 5.92 Å². The summed E-state index contributed by atoms with van der Waals surface area (Å²) in [7, 11) is 0. The summed E-state index contributed by atoms with van der Waals surface area (Å²) >= 11 is 1.81. The van der Waals surface area contributed by atoms with Gasteiger partial charge in [0, 0.05) is 6.04 Å². The molecule has 1 rings (SSSR count). The van der Waals surface area contributed by atoms with Gasteiger partial charge in [0.1, 0.15) is 0 Å². The summed E-state index contributed by atoms with van der Waals surface area (Å²) in [5, 5.41) is 8.14. The largest absolute Gasteiger partial charge is 0.314 e. The fourth-order valence-electron chi connectivity index (χ4n) is 2.60. The zero-order chi connectivity index (χ0) is 13.2. The molecule has 0 saturated carbocycles. The van der Waals surface area contributed by atoms with Crippen molar-refractivity contribution < 1.29 is 0 Å². The molecule has 0 amide bonds. The fourth-order valence-corrected chi connectivity index (χ4v) is 3.29. The molecule has 2 heteroatoms. The molecule has 0 saturated heterocycles. The van der Waals surface area contributed by atoms with Crippen LogP contribution in [0.4, 0.5) is 0 Å². The minimum absolute atomic E-state index is 0.659. The molecule has 2 unspecified atom stereocenters. The van der Waals surface area contributed by atoms with Crippen molar-refractivity contribution in [3.05, 3.63) is 22.4 Å². The van der Waals surface area contributed by atoms with Gasteiger partial charge in [-0.3, -0.25) is 0 Å². The first-order valence-electron chi connectivity index (χ1n) is 7.54. The molecule has 0 aliphatic carbocycles. The molecule has 104 valence electrons. The Bertz CT molecular complexity index is 281. The Kier molecular flexibility index (Phi) is 8.36. The molecule has 1 aromatic heterocycles. The zero-order valence-corrected chi connectivity index (χ0v) is 13.1. The molecule has 18 heavy (non-hydrogen) atoms. The molecule has 0 radical (unpaired) electrons. The van der Waals surface area contributed by atoms with Crippen molar-refractivity contribution in [1.29, 1.82) is 0 Å². The number of thiophene rings is 1. The van der Waals surface area contributed by atoms with Crippen LogP contribution in [0.2, 0.25) is 0 Å². The smallest absolute Gasteiger partial charge is 0.0110 e. The van der Waals surface area contributed by atoms with Gasteiger partial charge < -0.3 is 5.32 Å². The topological polar surface area (TPSA) is 12.0 Å². The second kappa shape index (κ2) is 9.57. The highest BCUT2D eigenvalue weighted by molar-refractivity contribution is 7.07. The SMILES string of the molecule is CCCCC(CC)CC(Cc1ccsc1)NCC. The Hall–Kier alpha value is -0.340. The van der Waals surface area contributed by atoms with Crippen molar-refractivity contribution in [1.82, 2.24) is 5.32 Å². The average molecular weight is 267 g/mol. The lowest BCUT2D eigenvalue weighted by Crippen LogP contribution is -2.33. The van der Waals surface area contributed by atoms with Gasteiger partial charge >= 0.3 is 0 Å². The van der Waals surface area contributed by atoms with E-state index in [0.29, 0.717) is 6.04 Å². The molecule has 0 bridgehead atoms. The molecule has 0 aliphatic rings. The van der Waals surface area contributed by atoms with Gasteiger partial charge in [0.15, 0.2) is 0 Å². The van der Waals surface area contributed by atoms with Crippen LogP contribution in [-0.2, 0) is 6.42 Å². The van der Waals surface area contributed by atoms with Gasteiger partial charge in [0.25, 0.3) is 0 Å². The highest BCUT2D eigenvalue weighted by Gasteiger charge is 2.15. The van der Waals surface area contributed by atoms with Crippen molar-refractivity contribution in [3.63, 3.8) is 0 Å². The van der Waals surface area contributed by atoms with Gasteiger partial charge in [-0.25, -0.2) is 0 Å². The van der Waals surface area contributed by atoms with E-state index in [0.717, 1.165) is 12.5 Å². The van der Waals surface area contributed by atoms with Crippen molar-refractivity contribution >= 4 is 11.3 Å². The van der Waals surface area contributed by atoms with Gasteiger partial charge in [0.2, 0.25) is 0 Å². The van der Waals surface area contributed by atoms with E-state index in [1.165, 1.54) is 44.1 Å². The maximum Gasteiger partial charge on any atom is 0.0110 e. The zero-order valence-electron chi connectivity index (χ0n) is 12.2. The Morgan fingerprint density at radius 2 is 2.11 bits per heavy atom. The van der Waals surface area contributed by atoms with E-state index >= 15 is 0 Å². The van der Waals surface area contributed by atoms with Crippen molar-refractivity contribution in [2.75, 3.05) is 6.54 Å². The van der Waals surface area contributed by atoms with E-state index in [-0.39, 0.29) is 0 Å². The summed E-state index contributed by atoms with van der Waals surface area (Å²) in [6, 6.07) is 2.92. The predicted molar refractivity (Wildman–Crippen MR) is 83.4 cm³/mol. The molecule has 0 aromatic carbocycles. The van der Waals surface area contributed by atoms with Gasteiger partial charge in [-0.1, -0.05) is 46.5 Å². The van der Waals surface area contributed by atoms with E-state index in [1.807, 2.05) is 11.3 Å². The van der Waals surface area contributed by atoms with Crippen LogP contribution in [-0.4, -0.2) is 12.6 Å². The summed E-state index contributed by atoms with van der Waals surface area (Å²) in [6.45, 7) is 7.93. The molecule has 2 atom stereocenters. The number of hydrogen-bond acceptors (Lipinski definition) is 2. The lowest BCUT2D eigenvalue weighted by Gasteiger charge is -2.23. The molecule has 1 aromatic rings. The van der Waals surface area contributed by atoms with Crippen LogP contribution in [0.5, 0.6) is 0 Å². The Balaban J connectivity index is 2.44. The second-order valence-corrected chi connectivity index (χ2v) is 6.02. The minimum Gasteiger partial charge on any atom is -0.314 e. The monoisotopic (exact) mass is 267 g/mol. The van der Waals surface area contributed by atoms with Gasteiger partial charge in [-0.2, -0.15) is 11.3 Å². The van der Waals surface area contributed by atoms with E-state index in [2.05, 4.69) is 42.9 Å². The Morgan fingerprint density at radius 1 is 1.28 bits per heavy atom. The normalized spacial score (nSPS) is 14.6. The Labute approximate surface area is 117 Å². The van der Waals surface area contributed by atoms with E-state index in [1.54, 1.807) is 0 Å². The van der Waals surface area contributed by atoms with Crippen molar-refractivity contribution in [2.45, 2.75) is 65.3 Å². The lowest BCUT2D eigenvalue weighted by atomic mass is 9.90. The summed E-state index contributed by atoms with van der Waals surface area (Å²) in [5.74, 6) is 0.896. The molecule has 0 aliphatic heterocycles. The maximum absolute atomic E-state index is 3.67. The van der Waals surface area contributed by atoms with E-state index in [4.69, 9.17) is 0 Å². The standard InChI is InChI=1S/C16H29NS/c1-4-7-8-14(5-2)11-16(17-6-3)12-15-9-10-18-13-15/h9-10,13-14,16-17H,4-8,11-12H2,1-3H3. The van der Waals surface area contributed by atoms with Crippen LogP contribution in [0.3, 0.4) is 0 Å². The molecule has 1 N–H and O–H groups in total. The summed E-state index contributed by atoms with van der Waals surface area (Å²) in [6.07, 6.45) is 7.97. The highest BCUT2D eigenvalue weighted by Crippen LogP contribution is 2.21. The van der Waals surface area contributed by atoms with Crippen LogP contribution in [0.15, 0.2) is 16.8 Å². The summed E-state index contributed by atoms with van der Waals surface area (Å²) in [4.78, 5) is 0. The number of rotatable bonds is 10. The first-order valence-corrected chi connectivity index (χ1v) is 8.48. The van der Waals surface area contributed by atoms with Crippen LogP contribution >= 0.6 is 11.3 Å². The fraction of sp³-hybridized carbons (Fsp3) is 0.750. The van der Waals surface area contributed by atoms with E-state index < -0.39 is 0 Å². The van der Waals surface area contributed by atoms with Crippen LogP contribution < -0.4 is 5.32 Å². The lowest BCUT2D eigenvalue weighted by molar-refractivity contribution is 0.350. The van der Waals surface area contributed by atoms with Gasteiger partial charge in [-0.15, -0.1) is 0 Å². The molecule has 0 spiro atoms. The maximum atomic E-state index is 3.67. The molecular weight excluding hydrogens is 238 g/mol. The number of likely N-dealkylation sites (N-methyl/N-ethyl adjacent to an activating group) is 1. The first-order chi connectivity index (χ1) is 8.80. The predicted octanol–water partition coefficient (Wildman–Crippen LogP) is 4.88. The van der Waals surface area contributed by atoms with Crippen molar-refractivity contribution in [3.8, 4) is 0 Å². The highest BCUT2D eigenvalue weighted by atomic mass is 32.1. The van der Waals surface area contributed by atoms with Crippen LogP contribution in [0.25, 0.3) is 0 Å². The average Bonchev–Trinajstić information content (AvgIpc) is 2.87. The third-order valence-electron chi connectivity index (χ3n) is 3.72. The third kappa shape index (κ3) is 6.01. The number of unbranched alkanes of at least 4 members (excludes halogenated alkanes) is 1. The molecule has 0 fully saturated rings. The summed E-state index contributed by atoms with van der Waals surface area (Å²) in [5.41, 5.74) is 1.50. The summed E-state index contributed by atoms with van der Waals surface area (Å²) < 4.78 is 0. The second-order valence-electron chi connectivity index (χ2n) is 5.24. The number of hydrogen-bond donors (Lipinski definition) is 1.